The second-order valence-corrected chi connectivity index (χ2v) is 6.40. The zero-order chi connectivity index (χ0) is 16.2. The maximum Gasteiger partial charge on any atom is 0.205 e. The van der Waals surface area contributed by atoms with Gasteiger partial charge in [-0.05, 0) is 6.07 Å². The highest BCUT2D eigenvalue weighted by atomic mass is 32.1. The predicted molar refractivity (Wildman–Crippen MR) is 89.3 cm³/mol. The Morgan fingerprint density at radius 2 is 2.00 bits per heavy atom. The van der Waals surface area contributed by atoms with Crippen LogP contribution in [0.2, 0.25) is 0 Å². The second kappa shape index (κ2) is 7.33. The number of halogens is 1. The maximum absolute atomic E-state index is 13.7. The van der Waals surface area contributed by atoms with Gasteiger partial charge in [0, 0.05) is 56.2 Å². The van der Waals surface area contributed by atoms with Crippen molar-refractivity contribution >= 4 is 16.7 Å². The van der Waals surface area contributed by atoms with Gasteiger partial charge in [-0.15, -0.1) is 0 Å². The fourth-order valence-electron chi connectivity index (χ4n) is 2.73. The number of aliphatic hydroxyl groups is 1. The Morgan fingerprint density at radius 3 is 2.65 bits per heavy atom. The summed E-state index contributed by atoms with van der Waals surface area (Å²) in [7, 11) is 0. The van der Waals surface area contributed by atoms with Crippen LogP contribution in [0.25, 0.3) is 0 Å². The Hall–Kier alpha value is -1.57. The smallest absolute Gasteiger partial charge is 0.205 e. The lowest BCUT2D eigenvalue weighted by molar-refractivity contribution is 0.106. The van der Waals surface area contributed by atoms with Crippen LogP contribution in [0, 0.1) is 5.82 Å². The molecule has 0 bridgehead atoms. The van der Waals surface area contributed by atoms with Crippen LogP contribution in [-0.4, -0.2) is 52.1 Å². The van der Waals surface area contributed by atoms with Gasteiger partial charge in [0.25, 0.3) is 0 Å². The minimum atomic E-state index is -0.795. The Bertz CT molecular complexity index is 643. The van der Waals surface area contributed by atoms with Gasteiger partial charge < -0.3 is 10.0 Å². The molecule has 0 amide bonds. The van der Waals surface area contributed by atoms with Gasteiger partial charge in [0.05, 0.1) is 6.10 Å². The fourth-order valence-corrected chi connectivity index (χ4v) is 3.53. The molecule has 1 N–H and O–H groups in total. The number of benzene rings is 1. The summed E-state index contributed by atoms with van der Waals surface area (Å²) in [5.74, 6) is 0.544. The highest BCUT2D eigenvalue weighted by molar-refractivity contribution is 7.09. The fraction of sp³-hybridized carbons (Fsp3) is 0.500. The third-order valence-electron chi connectivity index (χ3n) is 4.11. The van der Waals surface area contributed by atoms with Gasteiger partial charge in [-0.2, -0.15) is 4.37 Å². The van der Waals surface area contributed by atoms with Crippen molar-refractivity contribution in [2.75, 3.05) is 37.6 Å². The number of aromatic nitrogens is 2. The van der Waals surface area contributed by atoms with Crippen LogP contribution in [0.3, 0.4) is 0 Å². The van der Waals surface area contributed by atoms with Crippen molar-refractivity contribution < 1.29 is 9.50 Å². The number of hydrogen-bond donors (Lipinski definition) is 1. The third kappa shape index (κ3) is 3.85. The number of aliphatic hydroxyl groups excluding tert-OH is 1. The van der Waals surface area contributed by atoms with Gasteiger partial charge in [-0.1, -0.05) is 25.1 Å². The molecule has 1 aliphatic heterocycles. The van der Waals surface area contributed by atoms with E-state index in [1.165, 1.54) is 17.6 Å². The summed E-state index contributed by atoms with van der Waals surface area (Å²) in [6, 6.07) is 6.42. The molecule has 5 nitrogen and oxygen atoms in total. The van der Waals surface area contributed by atoms with E-state index in [2.05, 4.69) is 19.2 Å². The highest BCUT2D eigenvalue weighted by Gasteiger charge is 2.23. The zero-order valence-electron chi connectivity index (χ0n) is 13.2. The monoisotopic (exact) mass is 336 g/mol. The van der Waals surface area contributed by atoms with Gasteiger partial charge in [0.15, 0.2) is 0 Å². The van der Waals surface area contributed by atoms with E-state index < -0.39 is 6.10 Å². The summed E-state index contributed by atoms with van der Waals surface area (Å²) >= 11 is 1.44. The molecule has 0 spiro atoms. The second-order valence-electron chi connectivity index (χ2n) is 5.67. The van der Waals surface area contributed by atoms with Crippen molar-refractivity contribution in [1.82, 2.24) is 14.3 Å². The Balaban J connectivity index is 1.54. The topological polar surface area (TPSA) is 52.5 Å². The van der Waals surface area contributed by atoms with E-state index in [1.807, 2.05) is 6.92 Å². The first-order valence-corrected chi connectivity index (χ1v) is 8.67. The predicted octanol–water partition coefficient (Wildman–Crippen LogP) is 2.10. The lowest BCUT2D eigenvalue weighted by Crippen LogP contribution is -2.47. The molecule has 1 aliphatic rings. The van der Waals surface area contributed by atoms with E-state index in [0.717, 1.165) is 43.6 Å². The highest BCUT2D eigenvalue weighted by Crippen LogP contribution is 2.21. The van der Waals surface area contributed by atoms with Crippen molar-refractivity contribution in [3.05, 3.63) is 41.5 Å². The normalized spacial score (nSPS) is 17.4. The molecule has 1 atom stereocenters. The summed E-state index contributed by atoms with van der Waals surface area (Å²) in [5.41, 5.74) is 0.367. The Kier molecular flexibility index (Phi) is 5.20. The van der Waals surface area contributed by atoms with Crippen molar-refractivity contribution in [1.29, 1.82) is 0 Å². The summed E-state index contributed by atoms with van der Waals surface area (Å²) in [6.07, 6.45) is 0.0571. The van der Waals surface area contributed by atoms with E-state index in [-0.39, 0.29) is 5.82 Å². The van der Waals surface area contributed by atoms with Crippen LogP contribution in [0.15, 0.2) is 24.3 Å². The van der Waals surface area contributed by atoms with Crippen LogP contribution in [0.4, 0.5) is 9.52 Å². The molecule has 0 aliphatic carbocycles. The first-order chi connectivity index (χ1) is 11.2. The van der Waals surface area contributed by atoms with E-state index in [1.54, 1.807) is 18.2 Å². The molecular formula is C16H21FN4OS. The number of anilines is 1. The summed E-state index contributed by atoms with van der Waals surface area (Å²) in [5, 5.41) is 11.2. The molecule has 1 fully saturated rings. The van der Waals surface area contributed by atoms with E-state index in [4.69, 9.17) is 0 Å². The summed E-state index contributed by atoms with van der Waals surface area (Å²) < 4.78 is 18.0. The number of aryl methyl sites for hydroxylation is 1. The average Bonchev–Trinajstić information content (AvgIpc) is 3.05. The van der Waals surface area contributed by atoms with Gasteiger partial charge >= 0.3 is 0 Å². The van der Waals surface area contributed by atoms with Gasteiger partial charge in [0.1, 0.15) is 11.6 Å². The van der Waals surface area contributed by atoms with Crippen LogP contribution in [0.1, 0.15) is 24.4 Å². The SMILES string of the molecule is CCc1nsc(N2CCN(CC(O)c3ccccc3F)CC2)n1. The molecule has 23 heavy (non-hydrogen) atoms. The van der Waals surface area contributed by atoms with E-state index in [9.17, 15) is 9.50 Å². The van der Waals surface area contributed by atoms with Crippen molar-refractivity contribution in [2.45, 2.75) is 19.4 Å². The molecule has 3 rings (SSSR count). The molecule has 2 aromatic rings. The van der Waals surface area contributed by atoms with Crippen LogP contribution in [0.5, 0.6) is 0 Å². The molecule has 0 saturated carbocycles. The quantitative estimate of drug-likeness (QED) is 0.906. The summed E-state index contributed by atoms with van der Waals surface area (Å²) in [4.78, 5) is 8.90. The van der Waals surface area contributed by atoms with Crippen molar-refractivity contribution in [2.24, 2.45) is 0 Å². The maximum atomic E-state index is 13.7. The minimum Gasteiger partial charge on any atom is -0.387 e. The number of nitrogens with zero attached hydrogens (tertiary/aromatic N) is 4. The molecule has 2 heterocycles. The number of hydrogen-bond acceptors (Lipinski definition) is 6. The van der Waals surface area contributed by atoms with Crippen LogP contribution < -0.4 is 4.90 Å². The lowest BCUT2D eigenvalue weighted by Gasteiger charge is -2.35. The number of β-amino-alcohol motifs (C(OH)–C–C–N with tert-alkyl or cyclic N) is 1. The number of rotatable bonds is 5. The van der Waals surface area contributed by atoms with Crippen LogP contribution >= 0.6 is 11.5 Å². The Labute approximate surface area is 139 Å². The molecule has 7 heteroatoms. The molecule has 1 saturated heterocycles. The molecule has 0 radical (unpaired) electrons. The minimum absolute atomic E-state index is 0.348. The van der Waals surface area contributed by atoms with Crippen molar-refractivity contribution in [3.8, 4) is 0 Å². The molecular weight excluding hydrogens is 315 g/mol. The zero-order valence-corrected chi connectivity index (χ0v) is 14.0. The standard InChI is InChI=1S/C16H21FN4OS/c1-2-15-18-16(23-19-15)21-9-7-20(8-10-21)11-14(22)12-5-3-4-6-13(12)17/h3-6,14,22H,2,7-11H2,1H3. The third-order valence-corrected chi connectivity index (χ3v) is 4.93. The van der Waals surface area contributed by atoms with Crippen LogP contribution in [-0.2, 0) is 6.42 Å². The molecule has 1 aromatic heterocycles. The van der Waals surface area contributed by atoms with Gasteiger partial charge in [-0.3, -0.25) is 4.90 Å². The largest absolute Gasteiger partial charge is 0.387 e. The number of piperazine rings is 1. The average molecular weight is 336 g/mol. The van der Waals surface area contributed by atoms with Gasteiger partial charge in [-0.25, -0.2) is 9.37 Å². The molecule has 1 aromatic carbocycles. The van der Waals surface area contributed by atoms with E-state index >= 15 is 0 Å². The molecule has 1 unspecified atom stereocenters. The lowest BCUT2D eigenvalue weighted by atomic mass is 10.1. The Morgan fingerprint density at radius 1 is 1.26 bits per heavy atom. The molecule has 124 valence electrons. The first kappa shape index (κ1) is 16.3. The van der Waals surface area contributed by atoms with Crippen molar-refractivity contribution in [3.63, 3.8) is 0 Å². The van der Waals surface area contributed by atoms with E-state index in [0.29, 0.717) is 12.1 Å². The van der Waals surface area contributed by atoms with Gasteiger partial charge in [0.2, 0.25) is 5.13 Å². The summed E-state index contributed by atoms with van der Waals surface area (Å²) in [6.45, 7) is 5.85. The first-order valence-electron chi connectivity index (χ1n) is 7.89.